The van der Waals surface area contributed by atoms with Crippen LogP contribution in [0, 0.1) is 11.6 Å². The Morgan fingerprint density at radius 2 is 1.35 bits per heavy atom. The molecule has 3 aromatic carbocycles. The van der Waals surface area contributed by atoms with Crippen molar-refractivity contribution in [3.63, 3.8) is 0 Å². The highest BCUT2D eigenvalue weighted by Gasteiger charge is 2.13. The number of halogens is 2. The first kappa shape index (κ1) is 27.3. The molecule has 37 heavy (non-hydrogen) atoms. The third-order valence-electron chi connectivity index (χ3n) is 5.60. The SMILES string of the molecule is COc1ccc(C(=O)/C=C\Cc2cc(OC)c(F)cc2/C=C\c2cc(OC)c(OC)c(OC)c2)cc1F. The molecule has 194 valence electrons. The monoisotopic (exact) mass is 510 g/mol. The molecule has 3 aromatic rings. The molecule has 0 aliphatic carbocycles. The van der Waals surface area contributed by atoms with Crippen molar-refractivity contribution in [2.75, 3.05) is 35.5 Å². The highest BCUT2D eigenvalue weighted by molar-refractivity contribution is 6.04. The average Bonchev–Trinajstić information content (AvgIpc) is 2.91. The molecule has 0 aromatic heterocycles. The van der Waals surface area contributed by atoms with Crippen molar-refractivity contribution in [1.82, 2.24) is 0 Å². The quantitative estimate of drug-likeness (QED) is 0.175. The van der Waals surface area contributed by atoms with Crippen LogP contribution in [0.15, 0.2) is 54.6 Å². The lowest BCUT2D eigenvalue weighted by atomic mass is 10.0. The Morgan fingerprint density at radius 3 is 1.92 bits per heavy atom. The summed E-state index contributed by atoms with van der Waals surface area (Å²) in [6.45, 7) is 0. The minimum absolute atomic E-state index is 0.0578. The lowest BCUT2D eigenvalue weighted by Gasteiger charge is -2.13. The van der Waals surface area contributed by atoms with E-state index in [1.54, 1.807) is 36.4 Å². The summed E-state index contributed by atoms with van der Waals surface area (Å²) in [6.07, 6.45) is 6.81. The highest BCUT2D eigenvalue weighted by atomic mass is 19.1. The van der Waals surface area contributed by atoms with Crippen molar-refractivity contribution >= 4 is 17.9 Å². The van der Waals surface area contributed by atoms with Gasteiger partial charge in [0.25, 0.3) is 0 Å². The predicted octanol–water partition coefficient (Wildman–Crippen LogP) is 6.16. The summed E-state index contributed by atoms with van der Waals surface area (Å²) < 4.78 is 54.6. The maximum atomic E-state index is 14.5. The maximum Gasteiger partial charge on any atom is 0.203 e. The van der Waals surface area contributed by atoms with E-state index in [9.17, 15) is 13.6 Å². The van der Waals surface area contributed by atoms with Gasteiger partial charge in [-0.2, -0.15) is 0 Å². The first-order valence-corrected chi connectivity index (χ1v) is 11.2. The number of hydrogen-bond donors (Lipinski definition) is 0. The first-order chi connectivity index (χ1) is 17.8. The second kappa shape index (κ2) is 12.6. The Labute approximate surface area is 214 Å². The molecule has 3 rings (SSSR count). The van der Waals surface area contributed by atoms with Crippen molar-refractivity contribution in [2.24, 2.45) is 0 Å². The molecule has 0 spiro atoms. The number of carbonyl (C=O) groups is 1. The molecule has 0 fully saturated rings. The van der Waals surface area contributed by atoms with Gasteiger partial charge < -0.3 is 23.7 Å². The van der Waals surface area contributed by atoms with Crippen LogP contribution in [-0.2, 0) is 6.42 Å². The predicted molar refractivity (Wildman–Crippen MR) is 138 cm³/mol. The molecule has 0 aliphatic heterocycles. The molecule has 0 atom stereocenters. The van der Waals surface area contributed by atoms with Crippen LogP contribution in [0.4, 0.5) is 8.78 Å². The van der Waals surface area contributed by atoms with E-state index in [0.717, 1.165) is 11.6 Å². The van der Waals surface area contributed by atoms with Gasteiger partial charge in [0.05, 0.1) is 35.5 Å². The zero-order chi connectivity index (χ0) is 26.9. The van der Waals surface area contributed by atoms with Gasteiger partial charge in [-0.15, -0.1) is 0 Å². The van der Waals surface area contributed by atoms with Crippen molar-refractivity contribution in [3.8, 4) is 28.7 Å². The summed E-state index contributed by atoms with van der Waals surface area (Å²) in [6, 6.07) is 10.5. The second-order valence-electron chi connectivity index (χ2n) is 7.80. The molecule has 6 nitrogen and oxygen atoms in total. The van der Waals surface area contributed by atoms with Crippen molar-refractivity contribution in [2.45, 2.75) is 6.42 Å². The molecule has 0 heterocycles. The van der Waals surface area contributed by atoms with Gasteiger partial charge in [0.2, 0.25) is 5.75 Å². The van der Waals surface area contributed by atoms with Gasteiger partial charge in [-0.3, -0.25) is 4.79 Å². The van der Waals surface area contributed by atoms with E-state index >= 15 is 0 Å². The fourth-order valence-corrected chi connectivity index (χ4v) is 3.69. The summed E-state index contributed by atoms with van der Waals surface area (Å²) in [7, 11) is 7.30. The fraction of sp³-hybridized carbons (Fsp3) is 0.207. The highest BCUT2D eigenvalue weighted by Crippen LogP contribution is 2.38. The molecule has 0 saturated heterocycles. The van der Waals surface area contributed by atoms with Gasteiger partial charge in [0.15, 0.2) is 40.4 Å². The van der Waals surface area contributed by atoms with Gasteiger partial charge in [0.1, 0.15) is 0 Å². The van der Waals surface area contributed by atoms with Gasteiger partial charge in [-0.25, -0.2) is 8.78 Å². The van der Waals surface area contributed by atoms with E-state index in [0.29, 0.717) is 34.8 Å². The standard InChI is InChI=1S/C29H28F2O6/c1-33-25-12-11-21(16-22(25)30)24(32)8-6-7-19-17-26(34-2)23(31)15-20(19)10-9-18-13-27(35-3)29(37-5)28(14-18)36-4/h6,8-17H,7H2,1-5H3/b8-6-,10-9-. The molecule has 0 bridgehead atoms. The smallest absolute Gasteiger partial charge is 0.203 e. The van der Waals surface area contributed by atoms with Crippen molar-refractivity contribution in [1.29, 1.82) is 0 Å². The first-order valence-electron chi connectivity index (χ1n) is 11.2. The van der Waals surface area contributed by atoms with E-state index in [4.69, 9.17) is 23.7 Å². The lowest BCUT2D eigenvalue weighted by Crippen LogP contribution is -1.98. The minimum Gasteiger partial charge on any atom is -0.494 e. The molecule has 0 radical (unpaired) electrons. The Morgan fingerprint density at radius 1 is 0.730 bits per heavy atom. The number of rotatable bonds is 11. The number of hydrogen-bond acceptors (Lipinski definition) is 6. The van der Waals surface area contributed by atoms with Crippen LogP contribution in [0.2, 0.25) is 0 Å². The number of benzene rings is 3. The van der Waals surface area contributed by atoms with Crippen LogP contribution >= 0.6 is 0 Å². The molecular formula is C29H28F2O6. The van der Waals surface area contributed by atoms with Crippen LogP contribution < -0.4 is 23.7 Å². The van der Waals surface area contributed by atoms with Crippen molar-refractivity contribution in [3.05, 3.63) is 88.5 Å². The number of methoxy groups -OCH3 is 5. The van der Waals surface area contributed by atoms with Crippen LogP contribution in [0.5, 0.6) is 28.7 Å². The molecular weight excluding hydrogens is 482 g/mol. The molecule has 8 heteroatoms. The number of carbonyl (C=O) groups excluding carboxylic acids is 1. The van der Waals surface area contributed by atoms with Gasteiger partial charge in [-0.1, -0.05) is 18.2 Å². The molecule has 0 saturated carbocycles. The number of ketones is 1. The molecule has 0 unspecified atom stereocenters. The van der Waals surface area contributed by atoms with Crippen molar-refractivity contribution < 1.29 is 37.3 Å². The zero-order valence-electron chi connectivity index (χ0n) is 21.3. The topological polar surface area (TPSA) is 63.2 Å². The summed E-state index contributed by atoms with van der Waals surface area (Å²) >= 11 is 0. The van der Waals surface area contributed by atoms with Crippen LogP contribution in [0.25, 0.3) is 12.2 Å². The molecule has 0 N–H and O–H groups in total. The van der Waals surface area contributed by atoms with Crippen LogP contribution in [0.1, 0.15) is 27.0 Å². The maximum absolute atomic E-state index is 14.5. The van der Waals surface area contributed by atoms with E-state index in [1.807, 2.05) is 0 Å². The van der Waals surface area contributed by atoms with Crippen LogP contribution in [-0.4, -0.2) is 41.3 Å². The van der Waals surface area contributed by atoms with Gasteiger partial charge >= 0.3 is 0 Å². The Balaban J connectivity index is 1.89. The minimum atomic E-state index is -0.621. The third-order valence-corrected chi connectivity index (χ3v) is 5.60. The summed E-state index contributed by atoms with van der Waals surface area (Å²) in [5, 5.41) is 0. The summed E-state index contributed by atoms with van der Waals surface area (Å²) in [5.41, 5.74) is 2.23. The second-order valence-corrected chi connectivity index (χ2v) is 7.80. The van der Waals surface area contributed by atoms with E-state index < -0.39 is 11.6 Å². The van der Waals surface area contributed by atoms with E-state index in [2.05, 4.69) is 0 Å². The van der Waals surface area contributed by atoms with Crippen LogP contribution in [0.3, 0.4) is 0 Å². The normalized spacial score (nSPS) is 11.1. The summed E-state index contributed by atoms with van der Waals surface area (Å²) in [5.74, 6) is 0.0567. The lowest BCUT2D eigenvalue weighted by molar-refractivity contribution is 0.104. The fourth-order valence-electron chi connectivity index (χ4n) is 3.69. The van der Waals surface area contributed by atoms with E-state index in [-0.39, 0.29) is 22.8 Å². The number of allylic oxidation sites excluding steroid dienone is 2. The number of ether oxygens (including phenoxy) is 5. The Bertz CT molecular complexity index is 1310. The van der Waals surface area contributed by atoms with Gasteiger partial charge in [0, 0.05) is 5.56 Å². The van der Waals surface area contributed by atoms with Gasteiger partial charge in [-0.05, 0) is 71.7 Å². The molecule has 0 aliphatic rings. The molecule has 0 amide bonds. The summed E-state index contributed by atoms with van der Waals surface area (Å²) in [4.78, 5) is 12.5. The van der Waals surface area contributed by atoms with E-state index in [1.165, 1.54) is 59.8 Å². The third kappa shape index (κ3) is 6.46. The average molecular weight is 511 g/mol. The Hall–Kier alpha value is -4.33. The zero-order valence-corrected chi connectivity index (χ0v) is 21.3. The largest absolute Gasteiger partial charge is 0.494 e. The Kier molecular flexibility index (Phi) is 9.27.